The molecule has 0 saturated carbocycles. The summed E-state index contributed by atoms with van der Waals surface area (Å²) in [6, 6.07) is 9.16. The number of hydrogen-bond donors (Lipinski definition) is 1. The number of aromatic nitrogens is 6. The molecule has 5 heterocycles. The molecular formula is C30H31FN8O4. The minimum Gasteiger partial charge on any atom is -0.465 e. The van der Waals surface area contributed by atoms with E-state index in [4.69, 9.17) is 9.47 Å². The van der Waals surface area contributed by atoms with Gasteiger partial charge in [0.25, 0.3) is 0 Å². The normalized spacial score (nSPS) is 13.3. The molecule has 1 N–H and O–H groups in total. The third-order valence-corrected chi connectivity index (χ3v) is 7.02. The van der Waals surface area contributed by atoms with Crippen molar-refractivity contribution in [3.05, 3.63) is 66.0 Å². The second-order valence-corrected chi connectivity index (χ2v) is 11.2. The van der Waals surface area contributed by atoms with Crippen molar-refractivity contribution < 1.29 is 23.5 Å². The van der Waals surface area contributed by atoms with Crippen LogP contribution in [0.1, 0.15) is 39.0 Å². The van der Waals surface area contributed by atoms with Crippen molar-refractivity contribution in [1.29, 1.82) is 0 Å². The van der Waals surface area contributed by atoms with Crippen LogP contribution in [0.2, 0.25) is 0 Å². The van der Waals surface area contributed by atoms with Crippen LogP contribution in [-0.2, 0) is 33.8 Å². The number of rotatable bonds is 6. The highest BCUT2D eigenvalue weighted by Crippen LogP contribution is 2.34. The Morgan fingerprint density at radius 3 is 2.77 bits per heavy atom. The van der Waals surface area contributed by atoms with Crippen LogP contribution in [0.25, 0.3) is 27.9 Å². The minimum atomic E-state index is -0.625. The largest absolute Gasteiger partial charge is 0.465 e. The van der Waals surface area contributed by atoms with Gasteiger partial charge in [-0.05, 0) is 58.0 Å². The second kappa shape index (κ2) is 11.0. The molecule has 0 atom stereocenters. The molecule has 0 fully saturated rings. The van der Waals surface area contributed by atoms with E-state index in [2.05, 4.69) is 25.4 Å². The number of hydrogen-bond acceptors (Lipinski definition) is 9. The molecule has 1 aromatic carbocycles. The van der Waals surface area contributed by atoms with E-state index in [-0.39, 0.29) is 30.8 Å². The van der Waals surface area contributed by atoms with Crippen molar-refractivity contribution in [3.63, 3.8) is 0 Å². The topological polar surface area (TPSA) is 129 Å². The zero-order chi connectivity index (χ0) is 30.3. The van der Waals surface area contributed by atoms with E-state index in [9.17, 15) is 14.0 Å². The van der Waals surface area contributed by atoms with E-state index in [1.165, 1.54) is 10.7 Å². The highest BCUT2D eigenvalue weighted by Gasteiger charge is 2.30. The number of anilines is 2. The lowest BCUT2D eigenvalue weighted by atomic mass is 10.0. The highest BCUT2D eigenvalue weighted by atomic mass is 19.1. The van der Waals surface area contributed by atoms with Crippen LogP contribution in [0.5, 0.6) is 0 Å². The summed E-state index contributed by atoms with van der Waals surface area (Å²) < 4.78 is 29.2. The first-order chi connectivity index (χ1) is 20.6. The molecule has 12 nitrogen and oxygen atoms in total. The molecule has 0 aliphatic carbocycles. The maximum Gasteiger partial charge on any atom is 0.410 e. The van der Waals surface area contributed by atoms with Gasteiger partial charge in [0.15, 0.2) is 11.5 Å². The molecule has 1 aliphatic rings. The summed E-state index contributed by atoms with van der Waals surface area (Å²) in [6.07, 6.45) is 4.35. The maximum atomic E-state index is 14.9. The monoisotopic (exact) mass is 586 g/mol. The van der Waals surface area contributed by atoms with E-state index in [1.807, 2.05) is 43.5 Å². The Hall–Kier alpha value is -5.07. The molecule has 6 rings (SSSR count). The number of carbonyl (C=O) groups is 2. The van der Waals surface area contributed by atoms with Crippen molar-refractivity contribution in [3.8, 4) is 11.4 Å². The van der Waals surface area contributed by atoms with Crippen molar-refractivity contribution >= 4 is 40.2 Å². The molecule has 222 valence electrons. The number of nitrogens with zero attached hydrogens (tertiary/aromatic N) is 7. The third kappa shape index (κ3) is 5.57. The van der Waals surface area contributed by atoms with Crippen molar-refractivity contribution in [1.82, 2.24) is 34.0 Å². The number of ether oxygens (including phenoxy) is 2. The Labute approximate surface area is 246 Å². The predicted octanol–water partition coefficient (Wildman–Crippen LogP) is 4.88. The van der Waals surface area contributed by atoms with E-state index >= 15 is 0 Å². The van der Waals surface area contributed by atoms with Gasteiger partial charge in [-0.2, -0.15) is 5.10 Å². The first kappa shape index (κ1) is 28.1. The van der Waals surface area contributed by atoms with Gasteiger partial charge in [0.2, 0.25) is 5.95 Å². The number of carbonyl (C=O) groups excluding carboxylic acids is 2. The number of amides is 1. The maximum absolute atomic E-state index is 14.9. The lowest BCUT2D eigenvalue weighted by Crippen LogP contribution is -2.40. The molecule has 0 saturated heterocycles. The van der Waals surface area contributed by atoms with Crippen molar-refractivity contribution in [2.24, 2.45) is 0 Å². The summed E-state index contributed by atoms with van der Waals surface area (Å²) in [6.45, 7) is 8.37. The summed E-state index contributed by atoms with van der Waals surface area (Å²) in [5.41, 5.74) is 3.72. The fraction of sp³-hybridized carbons (Fsp3) is 0.333. The SMILES string of the molecule is CCOC(=O)Cn1c2c(c3cc(Nc4ncc(F)c(-c5cnc6cccnn56)n4)ccc31)CN(C(=O)OC(C)(C)C)CC2. The molecule has 13 heteroatoms. The average Bonchev–Trinajstić information content (AvgIpc) is 3.52. The second-order valence-electron chi connectivity index (χ2n) is 11.2. The Bertz CT molecular complexity index is 1860. The van der Waals surface area contributed by atoms with Crippen LogP contribution in [0.15, 0.2) is 48.9 Å². The van der Waals surface area contributed by atoms with Crippen LogP contribution >= 0.6 is 0 Å². The number of benzene rings is 1. The Morgan fingerprint density at radius 1 is 1.14 bits per heavy atom. The van der Waals surface area contributed by atoms with Gasteiger partial charge in [0, 0.05) is 47.0 Å². The summed E-state index contributed by atoms with van der Waals surface area (Å²) in [4.78, 5) is 40.0. The first-order valence-electron chi connectivity index (χ1n) is 14.0. The van der Waals surface area contributed by atoms with Crippen LogP contribution in [0.4, 0.5) is 20.8 Å². The summed E-state index contributed by atoms with van der Waals surface area (Å²) >= 11 is 0. The van der Waals surface area contributed by atoms with Gasteiger partial charge < -0.3 is 24.3 Å². The summed E-state index contributed by atoms with van der Waals surface area (Å²) in [5.74, 6) is -0.772. The van der Waals surface area contributed by atoms with E-state index in [0.717, 1.165) is 28.4 Å². The molecule has 5 aromatic rings. The zero-order valence-corrected chi connectivity index (χ0v) is 24.3. The van der Waals surface area contributed by atoms with Gasteiger partial charge in [0.05, 0.1) is 25.5 Å². The average molecular weight is 587 g/mol. The quantitative estimate of drug-likeness (QED) is 0.277. The molecule has 0 unspecified atom stereocenters. The Kier molecular flexibility index (Phi) is 7.16. The van der Waals surface area contributed by atoms with Crippen LogP contribution < -0.4 is 5.32 Å². The first-order valence-corrected chi connectivity index (χ1v) is 14.0. The standard InChI is InChI=1S/C30H31FN8O4/c1-5-42-26(40)17-38-22-9-8-18(13-19(22)20-16-37(12-10-23(20)38)29(41)43-30(2,3)4)35-28-33-14-21(31)27(36-28)24-15-32-25-7-6-11-34-39(24)25/h6-9,11,13-15H,5,10,12,16-17H2,1-4H3,(H,33,35,36). The molecule has 0 radical (unpaired) electrons. The van der Waals surface area contributed by atoms with Gasteiger partial charge >= 0.3 is 12.1 Å². The minimum absolute atomic E-state index is 0.0516. The van der Waals surface area contributed by atoms with Gasteiger partial charge in [-0.3, -0.25) is 4.79 Å². The molecule has 0 spiro atoms. The molecular weight excluding hydrogens is 555 g/mol. The van der Waals surface area contributed by atoms with Gasteiger partial charge in [0.1, 0.15) is 23.5 Å². The Morgan fingerprint density at radius 2 is 1.98 bits per heavy atom. The van der Waals surface area contributed by atoms with Crippen LogP contribution in [0.3, 0.4) is 0 Å². The van der Waals surface area contributed by atoms with Gasteiger partial charge in [-0.1, -0.05) is 0 Å². The number of halogens is 1. The number of fused-ring (bicyclic) bond motifs is 4. The van der Waals surface area contributed by atoms with Crippen LogP contribution in [0, 0.1) is 5.82 Å². The van der Waals surface area contributed by atoms with Gasteiger partial charge in [-0.15, -0.1) is 0 Å². The van der Waals surface area contributed by atoms with Gasteiger partial charge in [-0.25, -0.2) is 28.7 Å². The van der Waals surface area contributed by atoms with Crippen molar-refractivity contribution in [2.75, 3.05) is 18.5 Å². The Balaban J connectivity index is 1.36. The fourth-order valence-corrected chi connectivity index (χ4v) is 5.25. The molecule has 4 aromatic heterocycles. The van der Waals surface area contributed by atoms with E-state index < -0.39 is 17.5 Å². The van der Waals surface area contributed by atoms with Crippen LogP contribution in [-0.4, -0.2) is 64.8 Å². The van der Waals surface area contributed by atoms with E-state index in [1.54, 1.807) is 30.2 Å². The zero-order valence-electron chi connectivity index (χ0n) is 24.3. The molecule has 1 aliphatic heterocycles. The molecule has 0 bridgehead atoms. The number of esters is 1. The number of nitrogens with one attached hydrogen (secondary N) is 1. The summed E-state index contributed by atoms with van der Waals surface area (Å²) in [5, 5.41) is 8.28. The summed E-state index contributed by atoms with van der Waals surface area (Å²) in [7, 11) is 0. The van der Waals surface area contributed by atoms with E-state index in [0.29, 0.717) is 36.5 Å². The van der Waals surface area contributed by atoms with Crippen molar-refractivity contribution in [2.45, 2.75) is 52.8 Å². The fourth-order valence-electron chi connectivity index (χ4n) is 5.25. The molecule has 1 amide bonds. The molecule has 43 heavy (non-hydrogen) atoms. The lowest BCUT2D eigenvalue weighted by molar-refractivity contribution is -0.143. The highest BCUT2D eigenvalue weighted by molar-refractivity contribution is 5.91. The number of imidazole rings is 1. The lowest BCUT2D eigenvalue weighted by Gasteiger charge is -2.30. The smallest absolute Gasteiger partial charge is 0.410 e. The third-order valence-electron chi connectivity index (χ3n) is 7.02. The predicted molar refractivity (Wildman–Crippen MR) is 156 cm³/mol.